The molecule has 0 amide bonds. The highest BCUT2D eigenvalue weighted by molar-refractivity contribution is 5.85. The third-order valence-corrected chi connectivity index (χ3v) is 4.50. The lowest BCUT2D eigenvalue weighted by atomic mass is 9.80. The number of benzene rings is 2. The Morgan fingerprint density at radius 2 is 1.96 bits per heavy atom. The van der Waals surface area contributed by atoms with Crippen LogP contribution in [0.5, 0.6) is 11.5 Å². The lowest BCUT2D eigenvalue weighted by Crippen LogP contribution is -2.35. The minimum absolute atomic E-state index is 0. The van der Waals surface area contributed by atoms with Gasteiger partial charge < -0.3 is 14.4 Å². The molecule has 1 atom stereocenters. The van der Waals surface area contributed by atoms with Crippen LogP contribution in [0.4, 0.5) is 4.39 Å². The van der Waals surface area contributed by atoms with Gasteiger partial charge in [0.05, 0.1) is 0 Å². The van der Waals surface area contributed by atoms with Gasteiger partial charge in [0, 0.05) is 24.1 Å². The maximum absolute atomic E-state index is 13.7. The number of hydrogen-bond donors (Lipinski definition) is 0. The molecule has 1 aliphatic rings. The van der Waals surface area contributed by atoms with E-state index in [1.807, 2.05) is 38.4 Å². The van der Waals surface area contributed by atoms with Gasteiger partial charge in [0.25, 0.3) is 0 Å². The molecular formula is C21H27ClFNO2. The lowest BCUT2D eigenvalue weighted by Gasteiger charge is -2.38. The fourth-order valence-corrected chi connectivity index (χ4v) is 3.29. The fourth-order valence-electron chi connectivity index (χ4n) is 3.29. The van der Waals surface area contributed by atoms with Gasteiger partial charge in [-0.2, -0.15) is 0 Å². The summed E-state index contributed by atoms with van der Waals surface area (Å²) < 4.78 is 25.7. The van der Waals surface area contributed by atoms with Crippen LogP contribution in [0.3, 0.4) is 0 Å². The van der Waals surface area contributed by atoms with Crippen LogP contribution in [0, 0.1) is 5.82 Å². The zero-order valence-electron chi connectivity index (χ0n) is 15.8. The summed E-state index contributed by atoms with van der Waals surface area (Å²) in [5.74, 6) is 1.54. The Morgan fingerprint density at radius 3 is 2.65 bits per heavy atom. The Kier molecular flexibility index (Phi) is 6.53. The molecule has 0 fully saturated rings. The van der Waals surface area contributed by atoms with Gasteiger partial charge in [0.2, 0.25) is 0 Å². The summed E-state index contributed by atoms with van der Waals surface area (Å²) in [6.07, 6.45) is 0.810. The summed E-state index contributed by atoms with van der Waals surface area (Å²) in [6, 6.07) is 12.8. The molecule has 0 N–H and O–H groups in total. The Labute approximate surface area is 161 Å². The van der Waals surface area contributed by atoms with Crippen LogP contribution in [0.25, 0.3) is 0 Å². The van der Waals surface area contributed by atoms with Crippen molar-refractivity contribution in [2.45, 2.75) is 31.8 Å². The minimum Gasteiger partial charge on any atom is -0.492 e. The highest BCUT2D eigenvalue weighted by atomic mass is 35.5. The van der Waals surface area contributed by atoms with E-state index in [0.717, 1.165) is 35.6 Å². The van der Waals surface area contributed by atoms with Crippen molar-refractivity contribution in [3.63, 3.8) is 0 Å². The van der Waals surface area contributed by atoms with Crippen LogP contribution in [0.2, 0.25) is 0 Å². The van der Waals surface area contributed by atoms with Crippen molar-refractivity contribution in [3.05, 3.63) is 59.4 Å². The quantitative estimate of drug-likeness (QED) is 0.738. The van der Waals surface area contributed by atoms with Gasteiger partial charge in [0.15, 0.2) is 0 Å². The summed E-state index contributed by atoms with van der Waals surface area (Å²) in [5.41, 5.74) is 1.76. The minimum atomic E-state index is -0.313. The molecule has 1 aliphatic heterocycles. The maximum Gasteiger partial charge on any atom is 0.127 e. The van der Waals surface area contributed by atoms with Gasteiger partial charge in [-0.3, -0.25) is 0 Å². The highest BCUT2D eigenvalue weighted by Crippen LogP contribution is 2.45. The van der Waals surface area contributed by atoms with Gasteiger partial charge in [0.1, 0.15) is 29.5 Å². The number of fused-ring (bicyclic) bond motifs is 1. The number of nitrogens with zero attached hydrogens (tertiary/aromatic N) is 1. The molecule has 5 heteroatoms. The number of likely N-dealkylation sites (N-methyl/N-ethyl adjacent to an activating group) is 1. The van der Waals surface area contributed by atoms with E-state index in [1.165, 1.54) is 6.07 Å². The van der Waals surface area contributed by atoms with E-state index in [9.17, 15) is 4.39 Å². The summed E-state index contributed by atoms with van der Waals surface area (Å²) in [4.78, 5) is 2.08. The molecule has 0 bridgehead atoms. The largest absolute Gasteiger partial charge is 0.492 e. The lowest BCUT2D eigenvalue weighted by molar-refractivity contribution is 0.0769. The summed E-state index contributed by atoms with van der Waals surface area (Å²) >= 11 is 0. The molecule has 0 aromatic heterocycles. The van der Waals surface area contributed by atoms with Crippen LogP contribution in [0.15, 0.2) is 42.5 Å². The van der Waals surface area contributed by atoms with Gasteiger partial charge >= 0.3 is 0 Å². The van der Waals surface area contributed by atoms with Crippen molar-refractivity contribution in [1.29, 1.82) is 0 Å². The average Bonchev–Trinajstić information content (AvgIpc) is 2.52. The van der Waals surface area contributed by atoms with Crippen LogP contribution in [-0.2, 0) is 0 Å². The molecular weight excluding hydrogens is 353 g/mol. The van der Waals surface area contributed by atoms with Crippen LogP contribution in [0.1, 0.15) is 37.3 Å². The molecule has 3 nitrogen and oxygen atoms in total. The third kappa shape index (κ3) is 4.89. The summed E-state index contributed by atoms with van der Waals surface area (Å²) in [7, 11) is 4.04. The number of rotatable bonds is 5. The van der Waals surface area contributed by atoms with E-state index < -0.39 is 0 Å². The maximum atomic E-state index is 13.7. The number of halogens is 2. The Morgan fingerprint density at radius 1 is 1.19 bits per heavy atom. The number of ether oxygens (including phenoxy) is 2. The normalized spacial score (nSPS) is 17.8. The van der Waals surface area contributed by atoms with Crippen molar-refractivity contribution >= 4 is 12.4 Å². The summed E-state index contributed by atoms with van der Waals surface area (Å²) in [6.45, 7) is 5.63. The molecule has 26 heavy (non-hydrogen) atoms. The first kappa shape index (κ1) is 20.5. The predicted molar refractivity (Wildman–Crippen MR) is 105 cm³/mol. The van der Waals surface area contributed by atoms with Crippen molar-refractivity contribution < 1.29 is 13.9 Å². The van der Waals surface area contributed by atoms with Crippen LogP contribution >= 0.6 is 12.4 Å². The molecule has 2 aromatic rings. The monoisotopic (exact) mass is 379 g/mol. The van der Waals surface area contributed by atoms with Gasteiger partial charge in [-0.15, -0.1) is 12.4 Å². The Balaban J connectivity index is 0.00000243. The SMILES string of the molecule is CN(C)CCOc1ccc2c(c1)OC(C)(C)CC2c1cccc(F)c1.Cl. The van der Waals surface area contributed by atoms with Gasteiger partial charge in [-0.1, -0.05) is 18.2 Å². The molecule has 0 spiro atoms. The van der Waals surface area contributed by atoms with Gasteiger partial charge in [-0.05, 0) is 58.1 Å². The van der Waals surface area contributed by atoms with E-state index >= 15 is 0 Å². The van der Waals surface area contributed by atoms with E-state index in [1.54, 1.807) is 12.1 Å². The zero-order chi connectivity index (χ0) is 18.0. The second-order valence-corrected chi connectivity index (χ2v) is 7.52. The number of hydrogen-bond acceptors (Lipinski definition) is 3. The Bertz CT molecular complexity index is 749. The second kappa shape index (κ2) is 8.28. The summed E-state index contributed by atoms with van der Waals surface area (Å²) in [5, 5.41) is 0. The second-order valence-electron chi connectivity index (χ2n) is 7.52. The van der Waals surface area contributed by atoms with E-state index in [2.05, 4.69) is 18.7 Å². The van der Waals surface area contributed by atoms with E-state index in [0.29, 0.717) is 6.61 Å². The van der Waals surface area contributed by atoms with Crippen LogP contribution < -0.4 is 9.47 Å². The topological polar surface area (TPSA) is 21.7 Å². The predicted octanol–water partition coefficient (Wildman–Crippen LogP) is 4.88. The zero-order valence-corrected chi connectivity index (χ0v) is 16.6. The standard InChI is InChI=1S/C21H26FNO2.ClH/c1-21(2)14-19(15-6-5-7-16(22)12-15)18-9-8-17(13-20(18)25-21)24-11-10-23(3)4;/h5-9,12-13,19H,10-11,14H2,1-4H3;1H. The molecule has 0 saturated heterocycles. The first-order valence-corrected chi connectivity index (χ1v) is 8.70. The molecule has 1 heterocycles. The van der Waals surface area contributed by atoms with Crippen molar-refractivity contribution in [1.82, 2.24) is 4.90 Å². The first-order valence-electron chi connectivity index (χ1n) is 8.70. The third-order valence-electron chi connectivity index (χ3n) is 4.50. The van der Waals surface area contributed by atoms with Crippen LogP contribution in [-0.4, -0.2) is 37.7 Å². The van der Waals surface area contributed by atoms with E-state index in [4.69, 9.17) is 9.47 Å². The molecule has 3 rings (SSSR count). The first-order chi connectivity index (χ1) is 11.8. The molecule has 0 saturated carbocycles. The van der Waals surface area contributed by atoms with E-state index in [-0.39, 0.29) is 29.7 Å². The van der Waals surface area contributed by atoms with Crippen molar-refractivity contribution in [2.75, 3.05) is 27.2 Å². The molecule has 0 radical (unpaired) electrons. The highest BCUT2D eigenvalue weighted by Gasteiger charge is 2.34. The smallest absolute Gasteiger partial charge is 0.127 e. The van der Waals surface area contributed by atoms with Crippen molar-refractivity contribution in [3.8, 4) is 11.5 Å². The molecule has 0 aliphatic carbocycles. The Hall–Kier alpha value is -1.78. The van der Waals surface area contributed by atoms with Gasteiger partial charge in [-0.25, -0.2) is 4.39 Å². The van der Waals surface area contributed by atoms with Crippen molar-refractivity contribution in [2.24, 2.45) is 0 Å². The molecule has 142 valence electrons. The fraction of sp³-hybridized carbons (Fsp3) is 0.429. The molecule has 2 aromatic carbocycles. The molecule has 1 unspecified atom stereocenters. The average molecular weight is 380 g/mol.